The molecule has 4 rings (SSSR count). The molecule has 1 aromatic heterocycles. The molecule has 1 amide bonds. The lowest BCUT2D eigenvalue weighted by molar-refractivity contribution is 0.102. The molecule has 168 valence electrons. The second-order valence-electron chi connectivity index (χ2n) is 7.78. The third-order valence-electron chi connectivity index (χ3n) is 5.47. The van der Waals surface area contributed by atoms with Crippen molar-refractivity contribution in [2.45, 2.75) is 31.7 Å². The van der Waals surface area contributed by atoms with Crippen LogP contribution in [-0.2, 0) is 5.75 Å². The lowest BCUT2D eigenvalue weighted by Gasteiger charge is -2.12. The molecule has 0 bridgehead atoms. The SMILES string of the molecule is COc1ccccc1-n1c(C)nnc1SCc1ccc(C(=O)Nc2ccc(C)c(C)c2)cc1. The fraction of sp³-hybridized carbons (Fsp3) is 0.192. The number of hydrogen-bond acceptors (Lipinski definition) is 5. The first-order valence-corrected chi connectivity index (χ1v) is 11.6. The topological polar surface area (TPSA) is 69.0 Å². The van der Waals surface area contributed by atoms with Gasteiger partial charge in [-0.15, -0.1) is 10.2 Å². The Bertz CT molecular complexity index is 1280. The Hall–Kier alpha value is -3.58. The summed E-state index contributed by atoms with van der Waals surface area (Å²) in [5.74, 6) is 2.14. The molecule has 3 aromatic carbocycles. The molecule has 4 aromatic rings. The molecule has 0 saturated carbocycles. The Morgan fingerprint density at radius 2 is 1.73 bits per heavy atom. The zero-order chi connectivity index (χ0) is 23.4. The number of carbonyl (C=O) groups excluding carboxylic acids is 1. The van der Waals surface area contributed by atoms with E-state index in [0.29, 0.717) is 11.3 Å². The molecule has 0 spiro atoms. The van der Waals surface area contributed by atoms with E-state index in [0.717, 1.165) is 39.2 Å². The van der Waals surface area contributed by atoms with Crippen LogP contribution < -0.4 is 10.1 Å². The van der Waals surface area contributed by atoms with Crippen LogP contribution >= 0.6 is 11.8 Å². The highest BCUT2D eigenvalue weighted by Gasteiger charge is 2.15. The van der Waals surface area contributed by atoms with Gasteiger partial charge in [0.25, 0.3) is 5.91 Å². The van der Waals surface area contributed by atoms with Crippen molar-refractivity contribution >= 4 is 23.4 Å². The van der Waals surface area contributed by atoms with Gasteiger partial charge in [0, 0.05) is 17.0 Å². The van der Waals surface area contributed by atoms with E-state index < -0.39 is 0 Å². The van der Waals surface area contributed by atoms with Gasteiger partial charge in [-0.25, -0.2) is 0 Å². The summed E-state index contributed by atoms with van der Waals surface area (Å²) < 4.78 is 7.50. The monoisotopic (exact) mass is 458 g/mol. The highest BCUT2D eigenvalue weighted by Crippen LogP contribution is 2.30. The van der Waals surface area contributed by atoms with E-state index in [2.05, 4.69) is 22.4 Å². The summed E-state index contributed by atoms with van der Waals surface area (Å²) in [5, 5.41) is 12.3. The Labute approximate surface area is 198 Å². The first kappa shape index (κ1) is 22.6. The fourth-order valence-corrected chi connectivity index (χ4v) is 4.40. The fourth-order valence-electron chi connectivity index (χ4n) is 3.45. The Morgan fingerprint density at radius 3 is 2.45 bits per heavy atom. The summed E-state index contributed by atoms with van der Waals surface area (Å²) in [6, 6.07) is 21.4. The van der Waals surface area contributed by atoms with Crippen LogP contribution in [0.3, 0.4) is 0 Å². The first-order valence-electron chi connectivity index (χ1n) is 10.6. The second-order valence-corrected chi connectivity index (χ2v) is 8.72. The smallest absolute Gasteiger partial charge is 0.255 e. The van der Waals surface area contributed by atoms with Crippen LogP contribution in [0.25, 0.3) is 5.69 Å². The highest BCUT2D eigenvalue weighted by molar-refractivity contribution is 7.98. The van der Waals surface area contributed by atoms with Crippen molar-refractivity contribution in [3.05, 3.63) is 94.8 Å². The number of methoxy groups -OCH3 is 1. The van der Waals surface area contributed by atoms with E-state index in [1.807, 2.05) is 85.1 Å². The van der Waals surface area contributed by atoms with Gasteiger partial charge in [0.2, 0.25) is 0 Å². The van der Waals surface area contributed by atoms with Gasteiger partial charge in [-0.1, -0.05) is 42.1 Å². The van der Waals surface area contributed by atoms with E-state index in [1.165, 1.54) is 5.56 Å². The maximum atomic E-state index is 12.6. The summed E-state index contributed by atoms with van der Waals surface area (Å²) in [4.78, 5) is 12.6. The van der Waals surface area contributed by atoms with Gasteiger partial charge >= 0.3 is 0 Å². The molecule has 0 aliphatic rings. The molecule has 1 heterocycles. The van der Waals surface area contributed by atoms with Crippen LogP contribution in [-0.4, -0.2) is 27.8 Å². The molecule has 1 N–H and O–H groups in total. The number of anilines is 1. The van der Waals surface area contributed by atoms with Gasteiger partial charge in [-0.05, 0) is 73.9 Å². The number of amides is 1. The van der Waals surface area contributed by atoms with Crippen molar-refractivity contribution in [1.82, 2.24) is 14.8 Å². The average molecular weight is 459 g/mol. The highest BCUT2D eigenvalue weighted by atomic mass is 32.2. The molecule has 0 atom stereocenters. The number of rotatable bonds is 7. The van der Waals surface area contributed by atoms with Crippen LogP contribution in [0, 0.1) is 20.8 Å². The number of nitrogens with one attached hydrogen (secondary N) is 1. The minimum atomic E-state index is -0.121. The van der Waals surface area contributed by atoms with Crippen LogP contribution in [0.15, 0.2) is 71.9 Å². The first-order chi connectivity index (χ1) is 16.0. The van der Waals surface area contributed by atoms with Crippen molar-refractivity contribution in [2.75, 3.05) is 12.4 Å². The zero-order valence-electron chi connectivity index (χ0n) is 19.1. The Morgan fingerprint density at radius 1 is 0.970 bits per heavy atom. The number of thioether (sulfide) groups is 1. The van der Waals surface area contributed by atoms with Crippen molar-refractivity contribution in [3.8, 4) is 11.4 Å². The summed E-state index contributed by atoms with van der Waals surface area (Å²) in [6.45, 7) is 6.01. The maximum absolute atomic E-state index is 12.6. The van der Waals surface area contributed by atoms with Crippen molar-refractivity contribution in [1.29, 1.82) is 0 Å². The van der Waals surface area contributed by atoms with Crippen molar-refractivity contribution in [2.24, 2.45) is 0 Å². The van der Waals surface area contributed by atoms with Crippen molar-refractivity contribution < 1.29 is 9.53 Å². The van der Waals surface area contributed by atoms with Gasteiger partial charge in [0.1, 0.15) is 11.6 Å². The van der Waals surface area contributed by atoms with E-state index in [4.69, 9.17) is 4.74 Å². The van der Waals surface area contributed by atoms with Gasteiger partial charge in [0.15, 0.2) is 5.16 Å². The lowest BCUT2D eigenvalue weighted by atomic mass is 10.1. The average Bonchev–Trinajstić information content (AvgIpc) is 3.20. The van der Waals surface area contributed by atoms with Crippen molar-refractivity contribution in [3.63, 3.8) is 0 Å². The molecule has 0 radical (unpaired) electrons. The number of aryl methyl sites for hydroxylation is 3. The maximum Gasteiger partial charge on any atom is 0.255 e. The third kappa shape index (κ3) is 5.09. The van der Waals surface area contributed by atoms with Crippen LogP contribution in [0.1, 0.15) is 32.9 Å². The predicted molar refractivity (Wildman–Crippen MR) is 133 cm³/mol. The van der Waals surface area contributed by atoms with Gasteiger partial charge in [-0.3, -0.25) is 9.36 Å². The number of nitrogens with zero attached hydrogens (tertiary/aromatic N) is 3. The van der Waals surface area contributed by atoms with Crippen LogP contribution in [0.2, 0.25) is 0 Å². The van der Waals surface area contributed by atoms with Crippen LogP contribution in [0.4, 0.5) is 5.69 Å². The van der Waals surface area contributed by atoms with E-state index in [-0.39, 0.29) is 5.91 Å². The van der Waals surface area contributed by atoms with E-state index in [1.54, 1.807) is 18.9 Å². The Kier molecular flexibility index (Phi) is 6.79. The molecule has 0 aliphatic carbocycles. The predicted octanol–water partition coefficient (Wildman–Crippen LogP) is 5.75. The third-order valence-corrected chi connectivity index (χ3v) is 6.47. The normalized spacial score (nSPS) is 10.8. The second kappa shape index (κ2) is 9.92. The zero-order valence-corrected chi connectivity index (χ0v) is 19.9. The molecule has 0 fully saturated rings. The van der Waals surface area contributed by atoms with E-state index >= 15 is 0 Å². The van der Waals surface area contributed by atoms with Gasteiger partial charge in [0.05, 0.1) is 12.8 Å². The summed E-state index contributed by atoms with van der Waals surface area (Å²) in [5.41, 5.74) is 5.77. The number of aromatic nitrogens is 3. The molecular formula is C26H26N4O2S. The largest absolute Gasteiger partial charge is 0.495 e. The van der Waals surface area contributed by atoms with Gasteiger partial charge in [-0.2, -0.15) is 0 Å². The molecule has 0 unspecified atom stereocenters. The number of para-hydroxylation sites is 2. The molecular weight excluding hydrogens is 432 g/mol. The summed E-state index contributed by atoms with van der Waals surface area (Å²) >= 11 is 1.59. The number of hydrogen-bond donors (Lipinski definition) is 1. The van der Waals surface area contributed by atoms with Crippen LogP contribution in [0.5, 0.6) is 5.75 Å². The molecule has 7 heteroatoms. The summed E-state index contributed by atoms with van der Waals surface area (Å²) in [6.07, 6.45) is 0. The number of ether oxygens (including phenoxy) is 1. The summed E-state index contributed by atoms with van der Waals surface area (Å²) in [7, 11) is 1.66. The minimum absolute atomic E-state index is 0.121. The molecule has 6 nitrogen and oxygen atoms in total. The minimum Gasteiger partial charge on any atom is -0.495 e. The quantitative estimate of drug-likeness (QED) is 0.357. The standard InChI is InChI=1S/C26H26N4O2S/c1-17-9-14-22(15-18(17)2)27-25(31)21-12-10-20(11-13-21)16-33-26-29-28-19(3)30(26)23-7-5-6-8-24(23)32-4/h5-15H,16H2,1-4H3,(H,27,31). The van der Waals surface area contributed by atoms with E-state index in [9.17, 15) is 4.79 Å². The Balaban J connectivity index is 1.44. The molecule has 0 saturated heterocycles. The molecule has 0 aliphatic heterocycles. The van der Waals surface area contributed by atoms with Gasteiger partial charge < -0.3 is 10.1 Å². The lowest BCUT2D eigenvalue weighted by Crippen LogP contribution is -2.12. The number of carbonyl (C=O) groups is 1. The molecule has 33 heavy (non-hydrogen) atoms. The number of benzene rings is 3.